The van der Waals surface area contributed by atoms with Crippen molar-refractivity contribution >= 4 is 0 Å². The molecule has 0 aromatic heterocycles. The normalized spacial score (nSPS) is 13.1. The van der Waals surface area contributed by atoms with E-state index in [1.54, 1.807) is 21.3 Å². The maximum Gasteiger partial charge on any atom is 0.285 e. The van der Waals surface area contributed by atoms with Gasteiger partial charge in [-0.1, -0.05) is 58.4 Å². The standard InChI is InChI=1S/C18H36O4/c1-6-8-9-10-11-12-13-14-15-17(22-7-2)16-18(19-3,20-4)21-5/h7,17H,2,6,8-16H2,1,3-5H3. The number of hydrogen-bond acceptors (Lipinski definition) is 4. The Kier molecular flexibility index (Phi) is 13.7. The Morgan fingerprint density at radius 2 is 1.36 bits per heavy atom. The van der Waals surface area contributed by atoms with Crippen molar-refractivity contribution in [2.75, 3.05) is 21.3 Å². The van der Waals surface area contributed by atoms with E-state index >= 15 is 0 Å². The highest BCUT2D eigenvalue weighted by molar-refractivity contribution is 4.70. The lowest BCUT2D eigenvalue weighted by Gasteiger charge is -2.31. The fourth-order valence-electron chi connectivity index (χ4n) is 2.64. The SMILES string of the molecule is C=COC(CCCCCCCCCC)CC(OC)(OC)OC. The maximum absolute atomic E-state index is 5.59. The van der Waals surface area contributed by atoms with Gasteiger partial charge in [-0.05, 0) is 12.8 Å². The average Bonchev–Trinajstić information content (AvgIpc) is 2.55. The smallest absolute Gasteiger partial charge is 0.285 e. The minimum atomic E-state index is -1.03. The van der Waals surface area contributed by atoms with E-state index < -0.39 is 5.97 Å². The molecule has 0 amide bonds. The predicted octanol–water partition coefficient (Wildman–Crippen LogP) is 5.03. The summed E-state index contributed by atoms with van der Waals surface area (Å²) in [5, 5.41) is 0. The number of hydrogen-bond donors (Lipinski definition) is 0. The van der Waals surface area contributed by atoms with Gasteiger partial charge in [-0.25, -0.2) is 0 Å². The second-order valence-electron chi connectivity index (χ2n) is 5.69. The second-order valence-corrected chi connectivity index (χ2v) is 5.69. The number of ether oxygens (including phenoxy) is 4. The van der Waals surface area contributed by atoms with Gasteiger partial charge in [0.2, 0.25) is 0 Å². The first kappa shape index (κ1) is 21.4. The lowest BCUT2D eigenvalue weighted by molar-refractivity contribution is -0.361. The number of rotatable bonds is 16. The van der Waals surface area contributed by atoms with Crippen molar-refractivity contribution in [2.45, 2.75) is 83.2 Å². The Labute approximate surface area is 137 Å². The third-order valence-corrected chi connectivity index (χ3v) is 4.08. The van der Waals surface area contributed by atoms with E-state index in [4.69, 9.17) is 18.9 Å². The van der Waals surface area contributed by atoms with Crippen molar-refractivity contribution < 1.29 is 18.9 Å². The van der Waals surface area contributed by atoms with Crippen LogP contribution in [0, 0.1) is 0 Å². The van der Waals surface area contributed by atoms with Gasteiger partial charge in [0.1, 0.15) is 6.10 Å². The first-order valence-electron chi connectivity index (χ1n) is 8.59. The van der Waals surface area contributed by atoms with Gasteiger partial charge in [-0.3, -0.25) is 0 Å². The zero-order chi connectivity index (χ0) is 16.7. The lowest BCUT2D eigenvalue weighted by Crippen LogP contribution is -2.40. The van der Waals surface area contributed by atoms with Crippen molar-refractivity contribution in [3.05, 3.63) is 12.8 Å². The molecule has 0 heterocycles. The monoisotopic (exact) mass is 316 g/mol. The summed E-state index contributed by atoms with van der Waals surface area (Å²) < 4.78 is 21.6. The Morgan fingerprint density at radius 3 is 1.82 bits per heavy atom. The van der Waals surface area contributed by atoms with Crippen LogP contribution >= 0.6 is 0 Å². The lowest BCUT2D eigenvalue weighted by atomic mass is 10.0. The molecule has 1 atom stereocenters. The largest absolute Gasteiger partial charge is 0.498 e. The molecule has 0 spiro atoms. The molecule has 0 bridgehead atoms. The molecule has 1 unspecified atom stereocenters. The van der Waals surface area contributed by atoms with Crippen molar-refractivity contribution in [3.8, 4) is 0 Å². The van der Waals surface area contributed by atoms with Crippen LogP contribution in [-0.2, 0) is 18.9 Å². The van der Waals surface area contributed by atoms with Crippen LogP contribution in [0.3, 0.4) is 0 Å². The summed E-state index contributed by atoms with van der Waals surface area (Å²) in [5.41, 5.74) is 0. The Hall–Kier alpha value is -0.580. The molecular weight excluding hydrogens is 280 g/mol. The van der Waals surface area contributed by atoms with E-state index in [0.29, 0.717) is 6.42 Å². The van der Waals surface area contributed by atoms with E-state index in [1.165, 1.54) is 51.2 Å². The van der Waals surface area contributed by atoms with Gasteiger partial charge in [0.25, 0.3) is 5.97 Å². The van der Waals surface area contributed by atoms with Crippen LogP contribution in [0.4, 0.5) is 0 Å². The summed E-state index contributed by atoms with van der Waals surface area (Å²) in [6.07, 6.45) is 13.4. The van der Waals surface area contributed by atoms with Gasteiger partial charge in [0, 0.05) is 21.3 Å². The Morgan fingerprint density at radius 1 is 0.864 bits per heavy atom. The molecule has 132 valence electrons. The second kappa shape index (κ2) is 14.0. The van der Waals surface area contributed by atoms with Crippen LogP contribution in [0.25, 0.3) is 0 Å². The highest BCUT2D eigenvalue weighted by Gasteiger charge is 2.33. The third kappa shape index (κ3) is 9.44. The molecule has 4 heteroatoms. The quantitative estimate of drug-likeness (QED) is 0.227. The zero-order valence-electron chi connectivity index (χ0n) is 15.1. The highest BCUT2D eigenvalue weighted by atomic mass is 16.9. The van der Waals surface area contributed by atoms with Gasteiger partial charge in [0.05, 0.1) is 12.7 Å². The minimum Gasteiger partial charge on any atom is -0.498 e. The van der Waals surface area contributed by atoms with Crippen LogP contribution in [0.1, 0.15) is 71.1 Å². The highest BCUT2D eigenvalue weighted by Crippen LogP contribution is 2.24. The van der Waals surface area contributed by atoms with Crippen molar-refractivity contribution in [1.29, 1.82) is 0 Å². The molecule has 4 nitrogen and oxygen atoms in total. The van der Waals surface area contributed by atoms with Crippen LogP contribution in [0.2, 0.25) is 0 Å². The molecule has 0 saturated heterocycles. The fraction of sp³-hybridized carbons (Fsp3) is 0.889. The van der Waals surface area contributed by atoms with E-state index in [9.17, 15) is 0 Å². The first-order valence-corrected chi connectivity index (χ1v) is 8.59. The van der Waals surface area contributed by atoms with Gasteiger partial charge < -0.3 is 18.9 Å². The molecule has 0 aliphatic rings. The van der Waals surface area contributed by atoms with Crippen molar-refractivity contribution in [2.24, 2.45) is 0 Å². The number of unbranched alkanes of at least 4 members (excludes halogenated alkanes) is 7. The molecule has 0 aromatic carbocycles. The summed E-state index contributed by atoms with van der Waals surface area (Å²) in [6, 6.07) is 0. The van der Waals surface area contributed by atoms with Gasteiger partial charge >= 0.3 is 0 Å². The maximum atomic E-state index is 5.59. The van der Waals surface area contributed by atoms with Crippen LogP contribution in [-0.4, -0.2) is 33.4 Å². The molecule has 0 aliphatic carbocycles. The molecular formula is C18H36O4. The topological polar surface area (TPSA) is 36.9 Å². The zero-order valence-corrected chi connectivity index (χ0v) is 15.1. The third-order valence-electron chi connectivity index (χ3n) is 4.08. The van der Waals surface area contributed by atoms with Gasteiger partial charge in [-0.15, -0.1) is 0 Å². The Balaban J connectivity index is 3.96. The van der Waals surface area contributed by atoms with Crippen molar-refractivity contribution in [3.63, 3.8) is 0 Å². The minimum absolute atomic E-state index is 0.00237. The fourth-order valence-corrected chi connectivity index (χ4v) is 2.64. The van der Waals surface area contributed by atoms with Crippen LogP contribution in [0.5, 0.6) is 0 Å². The van der Waals surface area contributed by atoms with Gasteiger partial charge in [-0.2, -0.15) is 0 Å². The first-order chi connectivity index (χ1) is 10.7. The molecule has 0 aromatic rings. The summed E-state index contributed by atoms with van der Waals surface area (Å²) in [7, 11) is 4.73. The molecule has 0 saturated carbocycles. The molecule has 0 rings (SSSR count). The molecule has 0 N–H and O–H groups in total. The molecule has 0 aliphatic heterocycles. The van der Waals surface area contributed by atoms with Gasteiger partial charge in [0.15, 0.2) is 0 Å². The molecule has 0 fully saturated rings. The summed E-state index contributed by atoms with van der Waals surface area (Å²) >= 11 is 0. The van der Waals surface area contributed by atoms with E-state index in [-0.39, 0.29) is 6.10 Å². The van der Waals surface area contributed by atoms with Crippen LogP contribution in [0.15, 0.2) is 12.8 Å². The number of methoxy groups -OCH3 is 3. The van der Waals surface area contributed by atoms with E-state index in [1.807, 2.05) is 0 Å². The Bertz CT molecular complexity index is 243. The predicted molar refractivity (Wildman–Crippen MR) is 90.7 cm³/mol. The van der Waals surface area contributed by atoms with E-state index in [2.05, 4.69) is 13.5 Å². The van der Waals surface area contributed by atoms with E-state index in [0.717, 1.165) is 12.8 Å². The van der Waals surface area contributed by atoms with Crippen molar-refractivity contribution in [1.82, 2.24) is 0 Å². The summed E-state index contributed by atoms with van der Waals surface area (Å²) in [6.45, 7) is 5.90. The molecule has 22 heavy (non-hydrogen) atoms. The van der Waals surface area contributed by atoms with Crippen LogP contribution < -0.4 is 0 Å². The summed E-state index contributed by atoms with van der Waals surface area (Å²) in [4.78, 5) is 0. The average molecular weight is 316 g/mol. The molecule has 0 radical (unpaired) electrons. The summed E-state index contributed by atoms with van der Waals surface area (Å²) in [5.74, 6) is -1.03.